The third-order valence-corrected chi connectivity index (χ3v) is 7.23. The Bertz CT molecular complexity index is 857. The first-order chi connectivity index (χ1) is 16.4. The first kappa shape index (κ1) is 28.5. The molecule has 0 atom stereocenters. The number of carboxylic acids is 1. The fourth-order valence-electron chi connectivity index (χ4n) is 3.37. The van der Waals surface area contributed by atoms with E-state index < -0.39 is 11.4 Å². The molecule has 1 aromatic rings. The van der Waals surface area contributed by atoms with Crippen molar-refractivity contribution in [3.63, 3.8) is 0 Å². The molecule has 0 bridgehead atoms. The summed E-state index contributed by atoms with van der Waals surface area (Å²) >= 11 is 0. The van der Waals surface area contributed by atoms with Gasteiger partial charge in [0.1, 0.15) is 0 Å². The van der Waals surface area contributed by atoms with Gasteiger partial charge in [0.15, 0.2) is 11.5 Å². The number of nitrogens with zero attached hydrogens (tertiary/aromatic N) is 4. The summed E-state index contributed by atoms with van der Waals surface area (Å²) in [6.45, 7) is 14.9. The molecule has 0 radical (unpaired) electrons. The van der Waals surface area contributed by atoms with Crippen LogP contribution in [-0.4, -0.2) is 70.7 Å². The molecule has 2 amide bonds. The van der Waals surface area contributed by atoms with Crippen molar-refractivity contribution in [2.75, 3.05) is 37.6 Å². The largest absolute Gasteiger partial charge is 0.481 e. The maximum Gasteiger partial charge on any atom is 0.309 e. The van der Waals surface area contributed by atoms with Crippen molar-refractivity contribution in [1.29, 1.82) is 0 Å². The van der Waals surface area contributed by atoms with E-state index in [1.165, 1.54) is 12.8 Å². The average Bonchev–Trinajstić information content (AvgIpc) is 3.68. The molecule has 0 spiro atoms. The van der Waals surface area contributed by atoms with Crippen LogP contribution in [0.2, 0.25) is 0 Å². The summed E-state index contributed by atoms with van der Waals surface area (Å²) in [5, 5.41) is 19.7. The number of carbonyl (C=O) groups excluding carboxylic acids is 2. The first-order valence-electron chi connectivity index (χ1n) is 12.8. The van der Waals surface area contributed by atoms with E-state index in [2.05, 4.69) is 20.4 Å². The van der Waals surface area contributed by atoms with Gasteiger partial charge >= 0.3 is 5.97 Å². The highest BCUT2D eigenvalue weighted by Crippen LogP contribution is 2.31. The number of nitrogens with one attached hydrogen (secondary N) is 1. The second-order valence-electron chi connectivity index (χ2n) is 10.8. The topological polar surface area (TPSA) is 116 Å². The molecule has 9 heteroatoms. The van der Waals surface area contributed by atoms with Crippen molar-refractivity contribution in [3.8, 4) is 0 Å². The van der Waals surface area contributed by atoms with E-state index in [9.17, 15) is 14.4 Å². The highest BCUT2D eigenvalue weighted by Gasteiger charge is 2.32. The molecule has 1 aliphatic heterocycles. The smallest absolute Gasteiger partial charge is 0.309 e. The van der Waals surface area contributed by atoms with Crippen LogP contribution in [0, 0.1) is 16.7 Å². The van der Waals surface area contributed by atoms with E-state index in [0.29, 0.717) is 31.7 Å². The number of anilines is 1. The Morgan fingerprint density at radius 2 is 1.57 bits per heavy atom. The van der Waals surface area contributed by atoms with Crippen molar-refractivity contribution >= 4 is 23.6 Å². The predicted molar refractivity (Wildman–Crippen MR) is 136 cm³/mol. The van der Waals surface area contributed by atoms with Crippen LogP contribution in [0.3, 0.4) is 0 Å². The summed E-state index contributed by atoms with van der Waals surface area (Å²) < 4.78 is 0. The Balaban J connectivity index is 0.000000466. The van der Waals surface area contributed by atoms with Crippen LogP contribution >= 0.6 is 0 Å². The number of hydrogen-bond acceptors (Lipinski definition) is 6. The second-order valence-corrected chi connectivity index (χ2v) is 10.8. The highest BCUT2D eigenvalue weighted by atomic mass is 16.4. The van der Waals surface area contributed by atoms with Gasteiger partial charge in [0.05, 0.1) is 5.41 Å². The van der Waals surface area contributed by atoms with Gasteiger partial charge in [-0.15, -0.1) is 10.2 Å². The van der Waals surface area contributed by atoms with Gasteiger partial charge in [0, 0.05) is 38.1 Å². The number of aromatic nitrogens is 2. The third-order valence-electron chi connectivity index (χ3n) is 7.23. The molecular weight excluding hydrogens is 446 g/mol. The molecule has 9 nitrogen and oxygen atoms in total. The van der Waals surface area contributed by atoms with Crippen LogP contribution in [0.4, 0.5) is 5.82 Å². The quantitative estimate of drug-likeness (QED) is 0.544. The molecule has 1 saturated heterocycles. The monoisotopic (exact) mass is 489 g/mol. The zero-order chi connectivity index (χ0) is 26.2. The summed E-state index contributed by atoms with van der Waals surface area (Å²) in [6, 6.07) is 3.57. The fraction of sp³-hybridized carbons (Fsp3) is 0.731. The van der Waals surface area contributed by atoms with Gasteiger partial charge in [-0.05, 0) is 51.2 Å². The standard InChI is InChI=1S/C20H31N5O2.C6H12O2/c1-4-20(2,3)19(27)25-13-11-24(12-14-25)17-8-7-16(22-23-17)18(26)21-10-9-15-5-6-15;1-4-6(2,3)5(7)8/h7-8,15H,4-6,9-14H2,1-3H3,(H,21,26);4H2,1-3H3,(H,7,8). The van der Waals surface area contributed by atoms with E-state index in [0.717, 1.165) is 37.7 Å². The second kappa shape index (κ2) is 12.3. The lowest BCUT2D eigenvalue weighted by molar-refractivity contribution is -0.147. The van der Waals surface area contributed by atoms with Crippen LogP contribution < -0.4 is 10.2 Å². The molecule has 1 aromatic heterocycles. The molecule has 1 saturated carbocycles. The molecule has 2 heterocycles. The fourth-order valence-corrected chi connectivity index (χ4v) is 3.37. The van der Waals surface area contributed by atoms with Gasteiger partial charge in [-0.1, -0.05) is 40.5 Å². The van der Waals surface area contributed by atoms with E-state index in [-0.39, 0.29) is 17.2 Å². The number of rotatable bonds is 9. The van der Waals surface area contributed by atoms with Crippen LogP contribution in [0.25, 0.3) is 0 Å². The molecule has 1 aliphatic carbocycles. The van der Waals surface area contributed by atoms with Gasteiger partial charge in [-0.3, -0.25) is 14.4 Å². The molecule has 196 valence electrons. The van der Waals surface area contributed by atoms with Crippen LogP contribution in [0.1, 0.15) is 84.1 Å². The van der Waals surface area contributed by atoms with E-state index in [1.54, 1.807) is 19.9 Å². The number of aliphatic carboxylic acids is 1. The number of hydrogen-bond donors (Lipinski definition) is 2. The number of amides is 2. The maximum atomic E-state index is 12.6. The summed E-state index contributed by atoms with van der Waals surface area (Å²) in [5.41, 5.74) is -0.496. The Hall–Kier alpha value is -2.71. The predicted octanol–water partition coefficient (Wildman–Crippen LogP) is 3.60. The Labute approximate surface area is 209 Å². The van der Waals surface area contributed by atoms with Crippen LogP contribution in [-0.2, 0) is 9.59 Å². The van der Waals surface area contributed by atoms with Crippen molar-refractivity contribution in [2.24, 2.45) is 16.7 Å². The minimum Gasteiger partial charge on any atom is -0.481 e. The van der Waals surface area contributed by atoms with Crippen LogP contribution in [0.15, 0.2) is 12.1 Å². The van der Waals surface area contributed by atoms with Crippen molar-refractivity contribution < 1.29 is 19.5 Å². The lowest BCUT2D eigenvalue weighted by atomic mass is 9.88. The lowest BCUT2D eigenvalue weighted by Gasteiger charge is -2.38. The number of carbonyl (C=O) groups is 3. The molecule has 3 rings (SSSR count). The van der Waals surface area contributed by atoms with E-state index in [4.69, 9.17) is 5.11 Å². The molecule has 0 aromatic carbocycles. The van der Waals surface area contributed by atoms with Gasteiger partial charge in [0.2, 0.25) is 5.91 Å². The zero-order valence-electron chi connectivity index (χ0n) is 22.3. The van der Waals surface area contributed by atoms with Crippen molar-refractivity contribution in [1.82, 2.24) is 20.4 Å². The molecule has 35 heavy (non-hydrogen) atoms. The number of piperazine rings is 1. The van der Waals surface area contributed by atoms with Gasteiger partial charge < -0.3 is 20.2 Å². The maximum absolute atomic E-state index is 12.6. The van der Waals surface area contributed by atoms with Gasteiger partial charge in [-0.25, -0.2) is 0 Å². The summed E-state index contributed by atoms with van der Waals surface area (Å²) in [5.74, 6) is 0.888. The molecule has 0 unspecified atom stereocenters. The van der Waals surface area contributed by atoms with Gasteiger partial charge in [-0.2, -0.15) is 0 Å². The average molecular weight is 490 g/mol. The minimum absolute atomic E-state index is 0.160. The van der Waals surface area contributed by atoms with Crippen molar-refractivity contribution in [3.05, 3.63) is 17.8 Å². The Morgan fingerprint density at radius 1 is 0.971 bits per heavy atom. The first-order valence-corrected chi connectivity index (χ1v) is 12.8. The SMILES string of the molecule is CCC(C)(C)C(=O)N1CCN(c2ccc(C(=O)NCCC3CC3)nn2)CC1.CCC(C)(C)C(=O)O. The lowest BCUT2D eigenvalue weighted by Crippen LogP contribution is -2.52. The zero-order valence-corrected chi connectivity index (χ0v) is 22.3. The third kappa shape index (κ3) is 8.47. The molecule has 2 N–H and O–H groups in total. The number of carboxylic acid groups (broad SMARTS) is 1. The molecular formula is C26H43N5O4. The molecule has 2 fully saturated rings. The normalized spacial score (nSPS) is 16.3. The Kier molecular flexibility index (Phi) is 10.0. The Morgan fingerprint density at radius 3 is 2.00 bits per heavy atom. The summed E-state index contributed by atoms with van der Waals surface area (Å²) in [7, 11) is 0. The van der Waals surface area contributed by atoms with Gasteiger partial charge in [0.25, 0.3) is 5.91 Å². The van der Waals surface area contributed by atoms with Crippen molar-refractivity contribution in [2.45, 2.75) is 73.6 Å². The summed E-state index contributed by atoms with van der Waals surface area (Å²) in [6.07, 6.45) is 5.15. The summed E-state index contributed by atoms with van der Waals surface area (Å²) in [4.78, 5) is 39.0. The minimum atomic E-state index is -0.722. The van der Waals surface area contributed by atoms with E-state index >= 15 is 0 Å². The molecule has 2 aliphatic rings. The van der Waals surface area contributed by atoms with E-state index in [1.807, 2.05) is 38.7 Å². The highest BCUT2D eigenvalue weighted by molar-refractivity contribution is 5.92. The van der Waals surface area contributed by atoms with Crippen LogP contribution in [0.5, 0.6) is 0 Å².